The second kappa shape index (κ2) is 9.20. The SMILES string of the molecule is Cc1cn2cc(C(=N)Nc3ncc(N4CCN(C(=O)OC(C)(C)C)[C@@H](C)C4)cc3C)cc(C)c2n1. The average molecular weight is 478 g/mol. The Bertz CT molecular complexity index is 1270. The Kier molecular flexibility index (Phi) is 6.44. The number of fused-ring (bicyclic) bond motifs is 1. The minimum absolute atomic E-state index is 0.0230. The van der Waals surface area contributed by atoms with Gasteiger partial charge in [0.2, 0.25) is 0 Å². The van der Waals surface area contributed by atoms with E-state index < -0.39 is 5.60 Å². The Hall–Kier alpha value is -3.62. The summed E-state index contributed by atoms with van der Waals surface area (Å²) < 4.78 is 7.51. The predicted octanol–water partition coefficient (Wildman–Crippen LogP) is 4.54. The van der Waals surface area contributed by atoms with Gasteiger partial charge in [0.05, 0.1) is 17.6 Å². The summed E-state index contributed by atoms with van der Waals surface area (Å²) in [7, 11) is 0. The maximum Gasteiger partial charge on any atom is 0.410 e. The van der Waals surface area contributed by atoms with E-state index in [2.05, 4.69) is 26.3 Å². The molecule has 0 bridgehead atoms. The van der Waals surface area contributed by atoms with Crippen molar-refractivity contribution in [3.05, 3.63) is 53.1 Å². The first kappa shape index (κ1) is 24.5. The molecule has 4 rings (SSSR count). The maximum absolute atomic E-state index is 12.5. The number of hydrogen-bond acceptors (Lipinski definition) is 6. The monoisotopic (exact) mass is 477 g/mol. The maximum atomic E-state index is 12.5. The van der Waals surface area contributed by atoms with Crippen LogP contribution in [0, 0.1) is 26.2 Å². The lowest BCUT2D eigenvalue weighted by Crippen LogP contribution is -2.55. The van der Waals surface area contributed by atoms with Gasteiger partial charge in [-0.3, -0.25) is 5.41 Å². The van der Waals surface area contributed by atoms with Crippen molar-refractivity contribution in [3.63, 3.8) is 0 Å². The van der Waals surface area contributed by atoms with Gasteiger partial charge in [-0.2, -0.15) is 0 Å². The molecular formula is C26H35N7O2. The molecule has 0 spiro atoms. The molecule has 0 radical (unpaired) electrons. The van der Waals surface area contributed by atoms with Gasteiger partial charge in [-0.15, -0.1) is 0 Å². The minimum atomic E-state index is -0.506. The lowest BCUT2D eigenvalue weighted by Gasteiger charge is -2.41. The average Bonchev–Trinajstić information content (AvgIpc) is 3.14. The molecule has 0 aromatic carbocycles. The van der Waals surface area contributed by atoms with Crippen molar-refractivity contribution in [1.82, 2.24) is 19.3 Å². The Labute approximate surface area is 206 Å². The molecule has 1 aliphatic rings. The minimum Gasteiger partial charge on any atom is -0.444 e. The van der Waals surface area contributed by atoms with Crippen molar-refractivity contribution in [2.75, 3.05) is 29.9 Å². The summed E-state index contributed by atoms with van der Waals surface area (Å²) in [6, 6.07) is 4.06. The molecule has 35 heavy (non-hydrogen) atoms. The van der Waals surface area contributed by atoms with Crippen LogP contribution < -0.4 is 10.2 Å². The van der Waals surface area contributed by atoms with Crippen LogP contribution in [0.2, 0.25) is 0 Å². The molecular weight excluding hydrogens is 442 g/mol. The highest BCUT2D eigenvalue weighted by molar-refractivity contribution is 6.06. The largest absolute Gasteiger partial charge is 0.444 e. The second-order valence-electron chi connectivity index (χ2n) is 10.4. The van der Waals surface area contributed by atoms with E-state index in [-0.39, 0.29) is 18.0 Å². The van der Waals surface area contributed by atoms with Gasteiger partial charge in [-0.05, 0) is 71.7 Å². The Balaban J connectivity index is 1.44. The lowest BCUT2D eigenvalue weighted by atomic mass is 10.1. The Morgan fingerprint density at radius 1 is 1.14 bits per heavy atom. The number of pyridine rings is 2. The molecule has 1 atom stereocenters. The number of aryl methyl sites for hydroxylation is 3. The topological polar surface area (TPSA) is 98.9 Å². The number of carbonyl (C=O) groups excluding carboxylic acids is 1. The quantitative estimate of drug-likeness (QED) is 0.425. The number of amidine groups is 1. The van der Waals surface area contributed by atoms with E-state index >= 15 is 0 Å². The van der Waals surface area contributed by atoms with Crippen LogP contribution in [0.4, 0.5) is 16.3 Å². The summed E-state index contributed by atoms with van der Waals surface area (Å²) in [6.45, 7) is 15.6. The standard InChI is InChI=1S/C26H35N7O2/c1-16-11-21(31-8-9-33(19(4)14-31)25(34)35-26(5,6)7)12-28-23(16)30-22(27)20-10-17(2)24-29-18(3)13-32(24)15-20/h10-13,15,19H,8-9,14H2,1-7H3,(H2,27,28,30)/t19-/m0/s1. The van der Waals surface area contributed by atoms with Gasteiger partial charge in [-0.25, -0.2) is 14.8 Å². The molecule has 2 N–H and O–H groups in total. The van der Waals surface area contributed by atoms with Crippen LogP contribution in [0.25, 0.3) is 5.65 Å². The number of nitrogens with one attached hydrogen (secondary N) is 2. The van der Waals surface area contributed by atoms with E-state index in [1.165, 1.54) is 0 Å². The number of anilines is 2. The molecule has 9 heteroatoms. The van der Waals surface area contributed by atoms with Crippen molar-refractivity contribution < 1.29 is 9.53 Å². The zero-order valence-electron chi connectivity index (χ0n) is 21.6. The summed E-state index contributed by atoms with van der Waals surface area (Å²) in [4.78, 5) is 25.7. The molecule has 3 aromatic heterocycles. The van der Waals surface area contributed by atoms with Crippen LogP contribution in [0.15, 0.2) is 30.7 Å². The number of carbonyl (C=O) groups is 1. The molecule has 0 saturated carbocycles. The number of piperazine rings is 1. The first-order valence-corrected chi connectivity index (χ1v) is 11.9. The molecule has 4 heterocycles. The molecule has 1 fully saturated rings. The van der Waals surface area contributed by atoms with Crippen LogP contribution in [0.3, 0.4) is 0 Å². The van der Waals surface area contributed by atoms with Gasteiger partial charge < -0.3 is 24.3 Å². The van der Waals surface area contributed by atoms with Crippen LogP contribution >= 0.6 is 0 Å². The normalized spacial score (nSPS) is 16.5. The molecule has 186 valence electrons. The highest BCUT2D eigenvalue weighted by Gasteiger charge is 2.31. The number of hydrogen-bond donors (Lipinski definition) is 2. The summed E-state index contributed by atoms with van der Waals surface area (Å²) >= 11 is 0. The van der Waals surface area contributed by atoms with Crippen molar-refractivity contribution in [3.8, 4) is 0 Å². The summed E-state index contributed by atoms with van der Waals surface area (Å²) in [6.07, 6.45) is 5.43. The van der Waals surface area contributed by atoms with E-state index in [0.717, 1.165) is 33.7 Å². The number of imidazole rings is 1. The molecule has 1 saturated heterocycles. The van der Waals surface area contributed by atoms with E-state index in [9.17, 15) is 4.79 Å². The van der Waals surface area contributed by atoms with Crippen molar-refractivity contribution in [1.29, 1.82) is 5.41 Å². The third-order valence-electron chi connectivity index (χ3n) is 6.07. The fraction of sp³-hybridized carbons (Fsp3) is 0.462. The first-order chi connectivity index (χ1) is 16.4. The van der Waals surface area contributed by atoms with Crippen LogP contribution in [-0.4, -0.2) is 62.5 Å². The zero-order valence-corrected chi connectivity index (χ0v) is 21.6. The van der Waals surface area contributed by atoms with Gasteiger partial charge in [-0.1, -0.05) is 0 Å². The van der Waals surface area contributed by atoms with Gasteiger partial charge >= 0.3 is 6.09 Å². The van der Waals surface area contributed by atoms with Crippen molar-refractivity contribution in [2.24, 2.45) is 0 Å². The first-order valence-electron chi connectivity index (χ1n) is 11.9. The predicted molar refractivity (Wildman–Crippen MR) is 139 cm³/mol. The number of amides is 1. The van der Waals surface area contributed by atoms with Gasteiger partial charge in [0.15, 0.2) is 0 Å². The summed E-state index contributed by atoms with van der Waals surface area (Å²) in [5.74, 6) is 0.933. The van der Waals surface area contributed by atoms with E-state index in [1.54, 1.807) is 4.90 Å². The van der Waals surface area contributed by atoms with Crippen LogP contribution in [-0.2, 0) is 4.74 Å². The smallest absolute Gasteiger partial charge is 0.410 e. The third-order valence-corrected chi connectivity index (χ3v) is 6.07. The molecule has 9 nitrogen and oxygen atoms in total. The summed E-state index contributed by atoms with van der Waals surface area (Å²) in [5, 5.41) is 11.8. The van der Waals surface area contributed by atoms with Crippen molar-refractivity contribution >= 4 is 29.1 Å². The van der Waals surface area contributed by atoms with Gasteiger partial charge in [0.1, 0.15) is 22.9 Å². The molecule has 3 aromatic rings. The Morgan fingerprint density at radius 2 is 1.89 bits per heavy atom. The van der Waals surface area contributed by atoms with Gasteiger partial charge in [0.25, 0.3) is 0 Å². The van der Waals surface area contributed by atoms with E-state index in [4.69, 9.17) is 10.1 Å². The van der Waals surface area contributed by atoms with Crippen molar-refractivity contribution in [2.45, 2.75) is 60.1 Å². The fourth-order valence-corrected chi connectivity index (χ4v) is 4.37. The summed E-state index contributed by atoms with van der Waals surface area (Å²) in [5.41, 5.74) is 5.07. The molecule has 0 aliphatic carbocycles. The number of rotatable bonds is 3. The molecule has 0 unspecified atom stereocenters. The fourth-order valence-electron chi connectivity index (χ4n) is 4.37. The number of nitrogens with zero attached hydrogens (tertiary/aromatic N) is 5. The molecule has 1 amide bonds. The second-order valence-corrected chi connectivity index (χ2v) is 10.4. The highest BCUT2D eigenvalue weighted by atomic mass is 16.6. The number of ether oxygens (including phenoxy) is 1. The highest BCUT2D eigenvalue weighted by Crippen LogP contribution is 2.24. The van der Waals surface area contributed by atoms with E-state index in [1.807, 2.05) is 77.5 Å². The zero-order chi connectivity index (χ0) is 25.5. The lowest BCUT2D eigenvalue weighted by molar-refractivity contribution is 0.0159. The Morgan fingerprint density at radius 3 is 2.54 bits per heavy atom. The third kappa shape index (κ3) is 5.39. The number of aromatic nitrogens is 3. The molecule has 1 aliphatic heterocycles. The van der Waals surface area contributed by atoms with Gasteiger partial charge in [0, 0.05) is 43.6 Å². The van der Waals surface area contributed by atoms with E-state index in [0.29, 0.717) is 25.5 Å². The van der Waals surface area contributed by atoms with Crippen LogP contribution in [0.5, 0.6) is 0 Å². The van der Waals surface area contributed by atoms with Crippen LogP contribution in [0.1, 0.15) is 50.1 Å².